The highest BCUT2D eigenvalue weighted by Crippen LogP contribution is 2.26. The van der Waals surface area contributed by atoms with Crippen LogP contribution in [0.2, 0.25) is 0 Å². The van der Waals surface area contributed by atoms with E-state index in [4.69, 9.17) is 4.74 Å². The van der Waals surface area contributed by atoms with E-state index in [2.05, 4.69) is 20.2 Å². The van der Waals surface area contributed by atoms with Crippen LogP contribution in [0.3, 0.4) is 0 Å². The molecule has 1 aliphatic rings. The molecule has 1 aliphatic heterocycles. The highest BCUT2D eigenvalue weighted by Gasteiger charge is 2.14. The maximum absolute atomic E-state index is 12.3. The number of nitrogens with one attached hydrogen (secondary N) is 1. The SMILES string of the molecule is O=C(Nc1ccccc1)c1cnc(-c2ccc(N3CCOCC3)nc2)s1. The molecule has 3 heterocycles. The number of morpholine rings is 1. The molecule has 0 saturated carbocycles. The molecule has 1 aromatic carbocycles. The van der Waals surface area contributed by atoms with E-state index in [0.29, 0.717) is 4.88 Å². The molecular weight excluding hydrogens is 348 g/mol. The number of hydrogen-bond donors (Lipinski definition) is 1. The lowest BCUT2D eigenvalue weighted by atomic mass is 10.3. The number of carbonyl (C=O) groups is 1. The monoisotopic (exact) mass is 366 g/mol. The van der Waals surface area contributed by atoms with Gasteiger partial charge in [0.25, 0.3) is 5.91 Å². The molecule has 0 bridgehead atoms. The van der Waals surface area contributed by atoms with Crippen LogP contribution in [-0.2, 0) is 4.74 Å². The predicted molar refractivity (Wildman–Crippen MR) is 103 cm³/mol. The fraction of sp³-hybridized carbons (Fsp3) is 0.211. The molecule has 7 heteroatoms. The number of para-hydroxylation sites is 1. The van der Waals surface area contributed by atoms with Crippen LogP contribution >= 0.6 is 11.3 Å². The number of pyridine rings is 1. The second kappa shape index (κ2) is 7.63. The molecule has 0 aliphatic carbocycles. The number of amides is 1. The van der Waals surface area contributed by atoms with Crippen LogP contribution in [0.4, 0.5) is 11.5 Å². The Balaban J connectivity index is 1.46. The van der Waals surface area contributed by atoms with Gasteiger partial charge in [-0.2, -0.15) is 0 Å². The summed E-state index contributed by atoms with van der Waals surface area (Å²) in [4.78, 5) is 24.0. The summed E-state index contributed by atoms with van der Waals surface area (Å²) in [6.07, 6.45) is 3.41. The summed E-state index contributed by atoms with van der Waals surface area (Å²) in [6.45, 7) is 3.17. The van der Waals surface area contributed by atoms with Crippen LogP contribution < -0.4 is 10.2 Å². The second-order valence-electron chi connectivity index (χ2n) is 5.85. The molecule has 4 rings (SSSR count). The van der Waals surface area contributed by atoms with Crippen molar-refractivity contribution in [3.05, 3.63) is 59.7 Å². The second-order valence-corrected chi connectivity index (χ2v) is 6.88. The van der Waals surface area contributed by atoms with E-state index < -0.39 is 0 Å². The molecule has 3 aromatic rings. The lowest BCUT2D eigenvalue weighted by molar-refractivity contribution is 0.103. The van der Waals surface area contributed by atoms with Crippen molar-refractivity contribution in [2.45, 2.75) is 0 Å². The summed E-state index contributed by atoms with van der Waals surface area (Å²) < 4.78 is 5.37. The predicted octanol–water partition coefficient (Wildman–Crippen LogP) is 3.29. The highest BCUT2D eigenvalue weighted by atomic mass is 32.1. The Labute approximate surface area is 155 Å². The zero-order chi connectivity index (χ0) is 17.8. The fourth-order valence-electron chi connectivity index (χ4n) is 2.72. The number of hydrogen-bond acceptors (Lipinski definition) is 6. The molecule has 1 N–H and O–H groups in total. The van der Waals surface area contributed by atoms with Crippen LogP contribution in [0.15, 0.2) is 54.9 Å². The van der Waals surface area contributed by atoms with E-state index >= 15 is 0 Å². The number of carbonyl (C=O) groups excluding carboxylic acids is 1. The first kappa shape index (κ1) is 16.7. The molecule has 26 heavy (non-hydrogen) atoms. The number of ether oxygens (including phenoxy) is 1. The van der Waals surface area contributed by atoms with Gasteiger partial charge in [0.2, 0.25) is 0 Å². The van der Waals surface area contributed by atoms with Gasteiger partial charge in [0.05, 0.1) is 19.4 Å². The fourth-order valence-corrected chi connectivity index (χ4v) is 3.52. The van der Waals surface area contributed by atoms with Crippen LogP contribution in [0.1, 0.15) is 9.67 Å². The first-order valence-electron chi connectivity index (χ1n) is 8.41. The number of thiazole rings is 1. The van der Waals surface area contributed by atoms with E-state index in [1.807, 2.05) is 48.7 Å². The summed E-state index contributed by atoms with van der Waals surface area (Å²) in [5.74, 6) is 0.786. The third-order valence-electron chi connectivity index (χ3n) is 4.09. The van der Waals surface area contributed by atoms with Gasteiger partial charge < -0.3 is 15.0 Å². The smallest absolute Gasteiger partial charge is 0.267 e. The molecule has 0 unspecified atom stereocenters. The van der Waals surface area contributed by atoms with Crippen molar-refractivity contribution in [3.8, 4) is 10.6 Å². The van der Waals surface area contributed by atoms with Crippen molar-refractivity contribution in [1.29, 1.82) is 0 Å². The van der Waals surface area contributed by atoms with Gasteiger partial charge in [0.1, 0.15) is 15.7 Å². The average molecular weight is 366 g/mol. The van der Waals surface area contributed by atoms with Gasteiger partial charge >= 0.3 is 0 Å². The van der Waals surface area contributed by atoms with Crippen molar-refractivity contribution < 1.29 is 9.53 Å². The van der Waals surface area contributed by atoms with Gasteiger partial charge in [-0.15, -0.1) is 11.3 Å². The van der Waals surface area contributed by atoms with Crippen LogP contribution in [-0.4, -0.2) is 42.2 Å². The van der Waals surface area contributed by atoms with Crippen LogP contribution in [0, 0.1) is 0 Å². The Bertz CT molecular complexity index is 874. The minimum absolute atomic E-state index is 0.155. The van der Waals surface area contributed by atoms with Crippen molar-refractivity contribution >= 4 is 28.7 Å². The Kier molecular flexibility index (Phi) is 4.90. The molecule has 132 valence electrons. The Morgan fingerprint density at radius 3 is 2.58 bits per heavy atom. The Morgan fingerprint density at radius 2 is 1.85 bits per heavy atom. The average Bonchev–Trinajstić information content (AvgIpc) is 3.20. The van der Waals surface area contributed by atoms with Crippen LogP contribution in [0.5, 0.6) is 0 Å². The number of nitrogens with zero attached hydrogens (tertiary/aromatic N) is 3. The van der Waals surface area contributed by atoms with E-state index in [1.54, 1.807) is 6.20 Å². The Morgan fingerprint density at radius 1 is 1.04 bits per heavy atom. The quantitative estimate of drug-likeness (QED) is 0.767. The van der Waals surface area contributed by atoms with Gasteiger partial charge in [0, 0.05) is 30.5 Å². The highest BCUT2D eigenvalue weighted by molar-refractivity contribution is 7.17. The van der Waals surface area contributed by atoms with Crippen molar-refractivity contribution in [1.82, 2.24) is 9.97 Å². The maximum Gasteiger partial charge on any atom is 0.267 e. The Hall–Kier alpha value is -2.77. The molecule has 1 amide bonds. The zero-order valence-corrected chi connectivity index (χ0v) is 14.9. The third-order valence-corrected chi connectivity index (χ3v) is 5.14. The standard InChI is InChI=1S/C19H18N4O2S/c24-18(22-15-4-2-1-3-5-15)16-13-21-19(26-16)14-6-7-17(20-12-14)23-8-10-25-11-9-23/h1-7,12-13H,8-11H2,(H,22,24). The van der Waals surface area contributed by atoms with E-state index in [0.717, 1.165) is 48.4 Å². The summed E-state index contributed by atoms with van der Waals surface area (Å²) in [7, 11) is 0. The van der Waals surface area contributed by atoms with Crippen molar-refractivity contribution in [2.75, 3.05) is 36.5 Å². The molecule has 1 fully saturated rings. The van der Waals surface area contributed by atoms with Crippen molar-refractivity contribution in [2.24, 2.45) is 0 Å². The number of anilines is 2. The number of benzene rings is 1. The molecule has 6 nitrogen and oxygen atoms in total. The zero-order valence-electron chi connectivity index (χ0n) is 14.1. The molecule has 2 aromatic heterocycles. The first-order valence-corrected chi connectivity index (χ1v) is 9.22. The normalized spacial score (nSPS) is 14.2. The number of rotatable bonds is 4. The lowest BCUT2D eigenvalue weighted by Crippen LogP contribution is -2.36. The van der Waals surface area contributed by atoms with Gasteiger partial charge in [0.15, 0.2) is 0 Å². The first-order chi connectivity index (χ1) is 12.8. The molecular formula is C19H18N4O2S. The van der Waals surface area contributed by atoms with E-state index in [-0.39, 0.29) is 5.91 Å². The molecule has 0 atom stereocenters. The summed E-state index contributed by atoms with van der Waals surface area (Å²) in [5, 5.41) is 3.65. The summed E-state index contributed by atoms with van der Waals surface area (Å²) in [6, 6.07) is 13.4. The topological polar surface area (TPSA) is 67.4 Å². The molecule has 0 spiro atoms. The third kappa shape index (κ3) is 3.74. The van der Waals surface area contributed by atoms with Gasteiger partial charge in [-0.3, -0.25) is 4.79 Å². The maximum atomic E-state index is 12.3. The van der Waals surface area contributed by atoms with Gasteiger partial charge in [-0.25, -0.2) is 9.97 Å². The van der Waals surface area contributed by atoms with E-state index in [1.165, 1.54) is 11.3 Å². The van der Waals surface area contributed by atoms with Gasteiger partial charge in [-0.1, -0.05) is 18.2 Å². The molecule has 1 saturated heterocycles. The van der Waals surface area contributed by atoms with Crippen molar-refractivity contribution in [3.63, 3.8) is 0 Å². The number of aromatic nitrogens is 2. The van der Waals surface area contributed by atoms with Gasteiger partial charge in [-0.05, 0) is 24.3 Å². The molecule has 0 radical (unpaired) electrons. The largest absolute Gasteiger partial charge is 0.378 e. The lowest BCUT2D eigenvalue weighted by Gasteiger charge is -2.27. The van der Waals surface area contributed by atoms with E-state index in [9.17, 15) is 4.79 Å². The summed E-state index contributed by atoms with van der Waals surface area (Å²) in [5.41, 5.74) is 1.68. The summed E-state index contributed by atoms with van der Waals surface area (Å²) >= 11 is 1.36. The minimum Gasteiger partial charge on any atom is -0.378 e. The van der Waals surface area contributed by atoms with Crippen LogP contribution in [0.25, 0.3) is 10.6 Å². The minimum atomic E-state index is -0.155.